The fourth-order valence-corrected chi connectivity index (χ4v) is 7.18. The lowest BCUT2D eigenvalue weighted by Crippen LogP contribution is -2.50. The molecule has 2 saturated heterocycles. The summed E-state index contributed by atoms with van der Waals surface area (Å²) in [6.07, 6.45) is 1.90. The molecule has 4 bridgehead atoms. The van der Waals surface area contributed by atoms with Gasteiger partial charge in [0.1, 0.15) is 17.6 Å². The SMILES string of the molecule is COc1ccc(CN2C[C@@H]3C[C@H]2C(=O)NC[C@H]2O[C@H](CCOc4cc(-c5ccc(S(C)(=O)=O)cc5)ccc4C(=O)N3)CC[C@@H]2O)cc1. The van der Waals surface area contributed by atoms with Crippen molar-refractivity contribution in [1.82, 2.24) is 15.5 Å². The number of hydrogen-bond acceptors (Lipinski definition) is 9. The second-order valence-corrected chi connectivity index (χ2v) is 14.5. The van der Waals surface area contributed by atoms with Gasteiger partial charge in [0.05, 0.1) is 42.4 Å². The number of aliphatic hydroxyl groups is 1. The average molecular weight is 664 g/mol. The molecule has 2 amide bonds. The molecular weight excluding hydrogens is 622 g/mol. The van der Waals surface area contributed by atoms with Crippen LogP contribution in [0.25, 0.3) is 11.1 Å². The fourth-order valence-electron chi connectivity index (χ4n) is 6.55. The van der Waals surface area contributed by atoms with Gasteiger partial charge in [0.25, 0.3) is 5.91 Å². The summed E-state index contributed by atoms with van der Waals surface area (Å²) < 4.78 is 41.7. The van der Waals surface area contributed by atoms with Gasteiger partial charge in [0, 0.05) is 38.4 Å². The molecule has 5 atom stereocenters. The highest BCUT2D eigenvalue weighted by Gasteiger charge is 2.39. The standard InChI is InChI=1S/C35H41N3O8S/c1-44-26-8-3-22(4-9-26)20-38-21-25-18-30(38)35(41)36-19-33-31(39)14-10-27(46-33)15-16-45-32-17-24(7-13-29(32)34(40)37-25)23-5-11-28(12-6-23)47(2,42)43/h3-9,11-13,17,25,27,30-31,33,39H,10,14-16,18-21H2,1-2H3,(H,36,41)(H,37,40)/t25-,27-,30-,31-,33+/m0/s1. The number of amides is 2. The number of benzene rings is 3. The zero-order valence-electron chi connectivity index (χ0n) is 26.6. The number of fused-ring (bicyclic) bond motifs is 5. The highest BCUT2D eigenvalue weighted by atomic mass is 32.2. The first-order valence-electron chi connectivity index (χ1n) is 15.9. The number of nitrogens with one attached hydrogen (secondary N) is 2. The third-order valence-electron chi connectivity index (χ3n) is 9.18. The number of ether oxygens (including phenoxy) is 3. The number of nitrogens with zero attached hydrogens (tertiary/aromatic N) is 1. The molecule has 3 aliphatic rings. The van der Waals surface area contributed by atoms with E-state index in [0.29, 0.717) is 50.1 Å². The van der Waals surface area contributed by atoms with Crippen LogP contribution in [0, 0.1) is 0 Å². The molecule has 3 aromatic rings. The van der Waals surface area contributed by atoms with Gasteiger partial charge in [-0.25, -0.2) is 8.42 Å². The van der Waals surface area contributed by atoms with Gasteiger partial charge in [0.15, 0.2) is 9.84 Å². The number of carbonyl (C=O) groups excluding carboxylic acids is 2. The lowest BCUT2D eigenvalue weighted by atomic mass is 9.99. The second-order valence-electron chi connectivity index (χ2n) is 12.5. The van der Waals surface area contributed by atoms with E-state index < -0.39 is 28.1 Å². The number of rotatable bonds is 5. The van der Waals surface area contributed by atoms with Crippen LogP contribution in [-0.4, -0.2) is 93.7 Å². The lowest BCUT2D eigenvalue weighted by Gasteiger charge is -2.34. The number of likely N-dealkylation sites (tertiary alicyclic amines) is 1. The van der Waals surface area contributed by atoms with E-state index in [2.05, 4.69) is 15.5 Å². The van der Waals surface area contributed by atoms with E-state index >= 15 is 0 Å². The first kappa shape index (κ1) is 33.0. The van der Waals surface area contributed by atoms with E-state index in [9.17, 15) is 23.1 Å². The van der Waals surface area contributed by atoms with Crippen LogP contribution in [0.15, 0.2) is 71.6 Å². The van der Waals surface area contributed by atoms with E-state index in [1.165, 1.54) is 6.26 Å². The maximum Gasteiger partial charge on any atom is 0.255 e. The minimum Gasteiger partial charge on any atom is -0.497 e. The average Bonchev–Trinajstić information content (AvgIpc) is 3.46. The Morgan fingerprint density at radius 3 is 2.45 bits per heavy atom. The van der Waals surface area contributed by atoms with Crippen LogP contribution in [0.3, 0.4) is 0 Å². The van der Waals surface area contributed by atoms with Crippen LogP contribution >= 0.6 is 0 Å². The Kier molecular flexibility index (Phi) is 9.83. The zero-order chi connectivity index (χ0) is 33.1. The number of aliphatic hydroxyl groups excluding tert-OH is 1. The number of hydrogen-bond donors (Lipinski definition) is 3. The molecule has 0 saturated carbocycles. The summed E-state index contributed by atoms with van der Waals surface area (Å²) in [7, 11) is -1.73. The molecule has 0 unspecified atom stereocenters. The Morgan fingerprint density at radius 2 is 1.72 bits per heavy atom. The van der Waals surface area contributed by atoms with Gasteiger partial charge in [-0.15, -0.1) is 0 Å². The summed E-state index contributed by atoms with van der Waals surface area (Å²) in [5, 5.41) is 16.8. The molecule has 250 valence electrons. The predicted octanol–water partition coefficient (Wildman–Crippen LogP) is 2.95. The Morgan fingerprint density at radius 1 is 0.979 bits per heavy atom. The molecule has 0 aliphatic carbocycles. The van der Waals surface area contributed by atoms with Gasteiger partial charge in [-0.2, -0.15) is 0 Å². The van der Waals surface area contributed by atoms with E-state index in [1.54, 1.807) is 43.5 Å². The summed E-state index contributed by atoms with van der Waals surface area (Å²) in [6.45, 7) is 1.42. The van der Waals surface area contributed by atoms with Crippen molar-refractivity contribution in [2.24, 2.45) is 0 Å². The van der Waals surface area contributed by atoms with Crippen LogP contribution in [0.1, 0.15) is 41.6 Å². The van der Waals surface area contributed by atoms with Gasteiger partial charge < -0.3 is 30.0 Å². The summed E-state index contributed by atoms with van der Waals surface area (Å²) in [4.78, 5) is 29.6. The molecule has 47 heavy (non-hydrogen) atoms. The van der Waals surface area contributed by atoms with Crippen LogP contribution < -0.4 is 20.1 Å². The Hall–Kier alpha value is -3.97. The van der Waals surface area contributed by atoms with Crippen molar-refractivity contribution in [2.45, 2.75) is 67.5 Å². The van der Waals surface area contributed by atoms with Gasteiger partial charge in [-0.1, -0.05) is 30.3 Å². The summed E-state index contributed by atoms with van der Waals surface area (Å²) in [5.41, 5.74) is 2.92. The van der Waals surface area contributed by atoms with Crippen molar-refractivity contribution in [3.05, 3.63) is 77.9 Å². The predicted molar refractivity (Wildman–Crippen MR) is 175 cm³/mol. The molecule has 3 N–H and O–H groups in total. The van der Waals surface area contributed by atoms with Crippen molar-refractivity contribution >= 4 is 21.7 Å². The molecule has 3 heterocycles. The normalized spacial score (nSPS) is 25.6. The second kappa shape index (κ2) is 14.0. The maximum absolute atomic E-state index is 13.8. The monoisotopic (exact) mass is 663 g/mol. The van der Waals surface area contributed by atoms with Crippen molar-refractivity contribution in [3.8, 4) is 22.6 Å². The maximum atomic E-state index is 13.8. The molecule has 6 rings (SSSR count). The van der Waals surface area contributed by atoms with E-state index in [0.717, 1.165) is 22.4 Å². The van der Waals surface area contributed by atoms with Crippen molar-refractivity contribution in [3.63, 3.8) is 0 Å². The number of sulfone groups is 1. The van der Waals surface area contributed by atoms with Crippen LogP contribution in [-0.2, 0) is 25.9 Å². The van der Waals surface area contributed by atoms with Crippen molar-refractivity contribution in [1.29, 1.82) is 0 Å². The molecule has 0 aromatic heterocycles. The topological polar surface area (TPSA) is 143 Å². The smallest absolute Gasteiger partial charge is 0.255 e. The minimum atomic E-state index is -3.34. The Labute approximate surface area is 275 Å². The van der Waals surface area contributed by atoms with Gasteiger partial charge in [-0.05, 0) is 72.4 Å². The summed E-state index contributed by atoms with van der Waals surface area (Å²) in [5.74, 6) is 0.662. The Bertz CT molecular complexity index is 1700. The van der Waals surface area contributed by atoms with Crippen LogP contribution in [0.4, 0.5) is 0 Å². The van der Waals surface area contributed by atoms with Crippen molar-refractivity contribution < 1.29 is 37.3 Å². The Balaban J connectivity index is 1.28. The molecule has 0 spiro atoms. The molecule has 11 nitrogen and oxygen atoms in total. The molecule has 3 aromatic carbocycles. The molecule has 0 radical (unpaired) electrons. The fraction of sp³-hybridized carbons (Fsp3) is 0.429. The van der Waals surface area contributed by atoms with Gasteiger partial charge in [-0.3, -0.25) is 14.5 Å². The van der Waals surface area contributed by atoms with E-state index in [-0.39, 0.29) is 42.0 Å². The highest BCUT2D eigenvalue weighted by molar-refractivity contribution is 7.90. The third kappa shape index (κ3) is 7.78. The first-order chi connectivity index (χ1) is 22.6. The summed E-state index contributed by atoms with van der Waals surface area (Å²) in [6, 6.07) is 18.8. The highest BCUT2D eigenvalue weighted by Crippen LogP contribution is 2.31. The third-order valence-corrected chi connectivity index (χ3v) is 10.3. The molecular formula is C35H41N3O8S. The van der Waals surface area contributed by atoms with Crippen LogP contribution in [0.2, 0.25) is 0 Å². The zero-order valence-corrected chi connectivity index (χ0v) is 27.4. The minimum absolute atomic E-state index is 0.171. The molecule has 3 aliphatic heterocycles. The lowest BCUT2D eigenvalue weighted by molar-refractivity contribution is -0.133. The van der Waals surface area contributed by atoms with E-state index in [1.807, 2.05) is 30.3 Å². The number of carbonyl (C=O) groups is 2. The van der Waals surface area contributed by atoms with E-state index in [4.69, 9.17) is 14.2 Å². The first-order valence-corrected chi connectivity index (χ1v) is 17.8. The van der Waals surface area contributed by atoms with Crippen molar-refractivity contribution in [2.75, 3.05) is 33.1 Å². The largest absolute Gasteiger partial charge is 0.497 e. The van der Waals surface area contributed by atoms with Crippen LogP contribution in [0.5, 0.6) is 11.5 Å². The van der Waals surface area contributed by atoms with Gasteiger partial charge >= 0.3 is 0 Å². The van der Waals surface area contributed by atoms with Gasteiger partial charge in [0.2, 0.25) is 5.91 Å². The quantitative estimate of drug-likeness (QED) is 0.376. The molecule has 12 heteroatoms. The summed E-state index contributed by atoms with van der Waals surface area (Å²) >= 11 is 0. The number of methoxy groups -OCH3 is 1. The molecule has 2 fully saturated rings.